The van der Waals surface area contributed by atoms with Gasteiger partial charge in [-0.2, -0.15) is 0 Å². The maximum atomic E-state index is 9.18. The topological polar surface area (TPSA) is 46.3 Å². The van der Waals surface area contributed by atoms with E-state index in [1.807, 2.05) is 0 Å². The minimum atomic E-state index is 0. The number of nitrogens with two attached hydrogens (primary N) is 1. The summed E-state index contributed by atoms with van der Waals surface area (Å²) in [5.41, 5.74) is 0. The van der Waals surface area contributed by atoms with Crippen LogP contribution in [0.5, 0.6) is 0 Å². The van der Waals surface area contributed by atoms with E-state index >= 15 is 0 Å². The van der Waals surface area contributed by atoms with Gasteiger partial charge in [0.05, 0.1) is 0 Å². The number of nitrogens with zero attached hydrogens (tertiary/aromatic N) is 1. The zero-order chi connectivity index (χ0) is 4.28. The number of rotatable bonds is 1. The first kappa shape index (κ1) is 9.38. The van der Waals surface area contributed by atoms with Crippen LogP contribution in [0.4, 0.5) is 0 Å². The monoisotopic (exact) mass is 124 g/mol. The SMILES string of the molecule is CN(N)[C-]=O.[V]. The molecule has 3 nitrogen and oxygen atoms in total. The molecular weight excluding hydrogens is 119 g/mol. The zero-order valence-corrected chi connectivity index (χ0v) is 4.78. The summed E-state index contributed by atoms with van der Waals surface area (Å²) in [7, 11) is 1.41. The van der Waals surface area contributed by atoms with Crippen LogP contribution in [0.1, 0.15) is 0 Å². The summed E-state index contributed by atoms with van der Waals surface area (Å²) in [6, 6.07) is 0. The molecule has 0 rings (SSSR count). The quantitative estimate of drug-likeness (QED) is 0.158. The van der Waals surface area contributed by atoms with E-state index in [4.69, 9.17) is 5.84 Å². The first-order valence-electron chi connectivity index (χ1n) is 1.13. The third-order valence-electron chi connectivity index (χ3n) is 0.144. The van der Waals surface area contributed by atoms with E-state index in [2.05, 4.69) is 0 Å². The molecule has 0 aromatic rings. The predicted molar refractivity (Wildman–Crippen MR) is 17.6 cm³/mol. The summed E-state index contributed by atoms with van der Waals surface area (Å²) < 4.78 is 0. The summed E-state index contributed by atoms with van der Waals surface area (Å²) in [5, 5.41) is 0.819. The number of hydrazine groups is 1. The Morgan fingerprint density at radius 3 is 2.00 bits per heavy atom. The Morgan fingerprint density at radius 1 is 1.83 bits per heavy atom. The molecule has 2 N–H and O–H groups in total. The average molecular weight is 124 g/mol. The smallest absolute Gasteiger partial charge is 0 e. The van der Waals surface area contributed by atoms with Crippen molar-refractivity contribution in [3.05, 3.63) is 0 Å². The Labute approximate surface area is 48.3 Å². The maximum absolute atomic E-state index is 9.18. The third kappa shape index (κ3) is 8.99. The molecule has 35 valence electrons. The van der Waals surface area contributed by atoms with Crippen LogP contribution < -0.4 is 5.84 Å². The van der Waals surface area contributed by atoms with Crippen LogP contribution in [-0.4, -0.2) is 18.5 Å². The van der Waals surface area contributed by atoms with E-state index in [1.54, 1.807) is 0 Å². The molecule has 0 saturated heterocycles. The van der Waals surface area contributed by atoms with E-state index in [0.29, 0.717) is 0 Å². The van der Waals surface area contributed by atoms with Crippen molar-refractivity contribution in [2.45, 2.75) is 0 Å². The molecule has 0 aliphatic heterocycles. The van der Waals surface area contributed by atoms with E-state index in [0.717, 1.165) is 5.01 Å². The molecule has 0 aliphatic carbocycles. The summed E-state index contributed by atoms with van der Waals surface area (Å²) in [5.74, 6) is 4.70. The second-order valence-corrected chi connectivity index (χ2v) is 0.702. The van der Waals surface area contributed by atoms with Crippen LogP contribution in [-0.2, 0) is 23.4 Å². The van der Waals surface area contributed by atoms with Crippen LogP contribution in [0.25, 0.3) is 0 Å². The zero-order valence-electron chi connectivity index (χ0n) is 3.38. The van der Waals surface area contributed by atoms with Gasteiger partial charge in [0, 0.05) is 18.6 Å². The van der Waals surface area contributed by atoms with Crippen LogP contribution in [0.3, 0.4) is 0 Å². The van der Waals surface area contributed by atoms with Crippen LogP contribution in [0.15, 0.2) is 0 Å². The number of carbonyl (C=O) groups excluding carboxylic acids is 1. The first-order chi connectivity index (χ1) is 2.27. The van der Waals surface area contributed by atoms with Gasteiger partial charge < -0.3 is 9.80 Å². The Bertz CT molecular complexity index is 38.5. The summed E-state index contributed by atoms with van der Waals surface area (Å²) in [6.45, 7) is 0. The standard InChI is InChI=1S/C2H5N2O.V/c1-4(3)2-5;/h3H2,1H3;/q-1;. The molecule has 0 spiro atoms. The van der Waals surface area contributed by atoms with Gasteiger partial charge in [-0.05, 0) is 7.05 Å². The van der Waals surface area contributed by atoms with E-state index in [1.165, 1.54) is 13.5 Å². The molecule has 0 aromatic heterocycles. The second kappa shape index (κ2) is 5.01. The molecule has 0 atom stereocenters. The molecule has 0 bridgehead atoms. The molecule has 6 heavy (non-hydrogen) atoms. The molecule has 0 aliphatic rings. The molecule has 1 radical (unpaired) electrons. The van der Waals surface area contributed by atoms with Gasteiger partial charge in [-0.1, -0.05) is 0 Å². The van der Waals surface area contributed by atoms with Gasteiger partial charge in [0.2, 0.25) is 0 Å². The van der Waals surface area contributed by atoms with Crippen LogP contribution in [0, 0.1) is 0 Å². The molecule has 0 aromatic carbocycles. The van der Waals surface area contributed by atoms with Crippen molar-refractivity contribution >= 4 is 6.41 Å². The second-order valence-electron chi connectivity index (χ2n) is 0.702. The van der Waals surface area contributed by atoms with Gasteiger partial charge in [0.1, 0.15) is 0 Å². The van der Waals surface area contributed by atoms with Crippen molar-refractivity contribution in [1.29, 1.82) is 0 Å². The van der Waals surface area contributed by atoms with Gasteiger partial charge in [0.25, 0.3) is 0 Å². The fourth-order valence-corrected chi connectivity index (χ4v) is 0. The molecular formula is C2H5N2OV-. The van der Waals surface area contributed by atoms with Gasteiger partial charge in [-0.25, -0.2) is 0 Å². The maximum Gasteiger partial charge on any atom is 0 e. The van der Waals surface area contributed by atoms with Gasteiger partial charge in [-0.15, -0.1) is 6.41 Å². The van der Waals surface area contributed by atoms with Crippen molar-refractivity contribution < 1.29 is 23.4 Å². The predicted octanol–water partition coefficient (Wildman–Crippen LogP) is -1.14. The molecule has 0 saturated carbocycles. The largest absolute Gasteiger partial charge is 0.518 e. The molecule has 4 heteroatoms. The van der Waals surface area contributed by atoms with E-state index < -0.39 is 0 Å². The van der Waals surface area contributed by atoms with Crippen LogP contribution in [0.2, 0.25) is 0 Å². The van der Waals surface area contributed by atoms with Crippen molar-refractivity contribution in [1.82, 2.24) is 5.01 Å². The Morgan fingerprint density at radius 2 is 2.00 bits per heavy atom. The van der Waals surface area contributed by atoms with Crippen molar-refractivity contribution in [3.8, 4) is 0 Å². The fourth-order valence-electron chi connectivity index (χ4n) is 0. The average Bonchev–Trinajstić information content (AvgIpc) is 1.38. The van der Waals surface area contributed by atoms with Crippen molar-refractivity contribution in [3.63, 3.8) is 0 Å². The van der Waals surface area contributed by atoms with Gasteiger partial charge in [0.15, 0.2) is 0 Å². The van der Waals surface area contributed by atoms with Gasteiger partial charge in [-0.3, -0.25) is 5.84 Å². The van der Waals surface area contributed by atoms with Crippen molar-refractivity contribution in [2.75, 3.05) is 7.05 Å². The van der Waals surface area contributed by atoms with Crippen LogP contribution >= 0.6 is 0 Å². The Balaban J connectivity index is 0. The first-order valence-corrected chi connectivity index (χ1v) is 1.13. The number of hydrogen-bond donors (Lipinski definition) is 1. The summed E-state index contributed by atoms with van der Waals surface area (Å²) >= 11 is 0. The van der Waals surface area contributed by atoms with E-state index in [-0.39, 0.29) is 18.6 Å². The molecule has 0 unspecified atom stereocenters. The number of amides is 1. The summed E-state index contributed by atoms with van der Waals surface area (Å²) in [6.07, 6.45) is 1.39. The minimum absolute atomic E-state index is 0. The Kier molecular flexibility index (Phi) is 7.84. The van der Waals surface area contributed by atoms with Crippen molar-refractivity contribution in [2.24, 2.45) is 5.84 Å². The fraction of sp³-hybridized carbons (Fsp3) is 0.500. The minimum Gasteiger partial charge on any atom is -0.518 e. The molecule has 0 heterocycles. The van der Waals surface area contributed by atoms with E-state index in [9.17, 15) is 4.79 Å². The molecule has 1 amide bonds. The number of hydrogen-bond acceptors (Lipinski definition) is 2. The Hall–Kier alpha value is 0.0144. The van der Waals surface area contributed by atoms with Gasteiger partial charge >= 0.3 is 0 Å². The summed E-state index contributed by atoms with van der Waals surface area (Å²) in [4.78, 5) is 9.18. The normalized spacial score (nSPS) is 5.67. The molecule has 0 fully saturated rings. The third-order valence-corrected chi connectivity index (χ3v) is 0.144.